The van der Waals surface area contributed by atoms with Gasteiger partial charge in [-0.15, -0.1) is 0 Å². The van der Waals surface area contributed by atoms with Crippen LogP contribution in [0.25, 0.3) is 0 Å². The molecule has 6 nitrogen and oxygen atoms in total. The van der Waals surface area contributed by atoms with E-state index < -0.39 is 10.0 Å². The van der Waals surface area contributed by atoms with Gasteiger partial charge in [0.25, 0.3) is 0 Å². The Bertz CT molecular complexity index is 802. The van der Waals surface area contributed by atoms with Gasteiger partial charge in [0.05, 0.1) is 18.6 Å². The Morgan fingerprint density at radius 1 is 1.15 bits per heavy atom. The van der Waals surface area contributed by atoms with Crippen molar-refractivity contribution in [3.05, 3.63) is 59.9 Å². The summed E-state index contributed by atoms with van der Waals surface area (Å²) in [6.45, 7) is 3.32. The molecular formula is C20H27N3O3S. The van der Waals surface area contributed by atoms with Gasteiger partial charge in [-0.2, -0.15) is 0 Å². The van der Waals surface area contributed by atoms with Crippen LogP contribution in [0.1, 0.15) is 24.1 Å². The van der Waals surface area contributed by atoms with E-state index in [4.69, 9.17) is 4.74 Å². The van der Waals surface area contributed by atoms with Gasteiger partial charge in [-0.05, 0) is 61.7 Å². The van der Waals surface area contributed by atoms with Crippen molar-refractivity contribution < 1.29 is 13.2 Å². The van der Waals surface area contributed by atoms with Crippen LogP contribution in [0.3, 0.4) is 0 Å². The van der Waals surface area contributed by atoms with E-state index in [2.05, 4.69) is 14.6 Å². The van der Waals surface area contributed by atoms with Crippen molar-refractivity contribution in [2.45, 2.75) is 25.1 Å². The topological polar surface area (TPSA) is 71.5 Å². The molecule has 0 unspecified atom stereocenters. The molecule has 2 heterocycles. The highest BCUT2D eigenvalue weighted by atomic mass is 32.2. The molecule has 0 atom stereocenters. The summed E-state index contributed by atoms with van der Waals surface area (Å²) in [4.78, 5) is 6.75. The average molecular weight is 390 g/mol. The second-order valence-electron chi connectivity index (χ2n) is 7.00. The van der Waals surface area contributed by atoms with Crippen LogP contribution in [0.2, 0.25) is 0 Å². The van der Waals surface area contributed by atoms with Crippen LogP contribution in [0.5, 0.6) is 5.75 Å². The maximum atomic E-state index is 12.3. The van der Waals surface area contributed by atoms with Gasteiger partial charge in [0.1, 0.15) is 5.75 Å². The summed E-state index contributed by atoms with van der Waals surface area (Å²) in [7, 11) is -1.74. The number of nitrogens with one attached hydrogen (secondary N) is 1. The first kappa shape index (κ1) is 19.8. The summed E-state index contributed by atoms with van der Waals surface area (Å²) in [5, 5.41) is 0. The van der Waals surface area contributed by atoms with E-state index in [1.807, 2.05) is 24.4 Å². The van der Waals surface area contributed by atoms with Crippen LogP contribution in [-0.4, -0.2) is 45.0 Å². The number of rotatable bonds is 8. The smallest absolute Gasteiger partial charge is 0.215 e. The number of benzene rings is 1. The van der Waals surface area contributed by atoms with Crippen LogP contribution < -0.4 is 9.46 Å². The van der Waals surface area contributed by atoms with Crippen molar-refractivity contribution in [3.8, 4) is 5.75 Å². The summed E-state index contributed by atoms with van der Waals surface area (Å²) >= 11 is 0. The van der Waals surface area contributed by atoms with Crippen LogP contribution in [0.15, 0.2) is 48.7 Å². The van der Waals surface area contributed by atoms with Crippen molar-refractivity contribution in [1.82, 2.24) is 14.6 Å². The first-order valence-electron chi connectivity index (χ1n) is 9.26. The van der Waals surface area contributed by atoms with Crippen LogP contribution >= 0.6 is 0 Å². The van der Waals surface area contributed by atoms with Gasteiger partial charge in [-0.25, -0.2) is 13.1 Å². The number of hydrogen-bond acceptors (Lipinski definition) is 5. The molecule has 1 N–H and O–H groups in total. The molecule has 1 aromatic carbocycles. The molecule has 3 rings (SSSR count). The lowest BCUT2D eigenvalue weighted by Crippen LogP contribution is -2.38. The number of hydrogen-bond donors (Lipinski definition) is 1. The van der Waals surface area contributed by atoms with Crippen molar-refractivity contribution in [1.29, 1.82) is 0 Å². The van der Waals surface area contributed by atoms with E-state index in [1.165, 1.54) is 0 Å². The minimum absolute atomic E-state index is 0.00445. The Balaban J connectivity index is 1.42. The molecule has 1 saturated heterocycles. The zero-order valence-corrected chi connectivity index (χ0v) is 16.5. The number of pyridine rings is 1. The number of likely N-dealkylation sites (tertiary alicyclic amines) is 1. The Morgan fingerprint density at radius 3 is 2.52 bits per heavy atom. The molecule has 0 aliphatic carbocycles. The molecule has 27 heavy (non-hydrogen) atoms. The molecular weight excluding hydrogens is 362 g/mol. The lowest BCUT2D eigenvalue weighted by Gasteiger charge is -2.31. The Kier molecular flexibility index (Phi) is 6.82. The van der Waals surface area contributed by atoms with Gasteiger partial charge in [0.2, 0.25) is 10.0 Å². The van der Waals surface area contributed by atoms with Crippen molar-refractivity contribution in [2.24, 2.45) is 5.92 Å². The number of piperidine rings is 1. The normalized spacial score (nSPS) is 16.3. The number of aromatic nitrogens is 1. The second kappa shape index (κ2) is 9.30. The number of sulfonamides is 1. The van der Waals surface area contributed by atoms with Crippen LogP contribution in [0, 0.1) is 5.92 Å². The van der Waals surface area contributed by atoms with Gasteiger partial charge in [0.15, 0.2) is 0 Å². The standard InChI is InChI=1S/C20H27N3O3S/c1-26-20-7-5-18(6-8-20)16-27(24,25)22-14-17-9-12-23(13-10-17)15-19-4-2-3-11-21-19/h2-8,11,17,22H,9-10,12-16H2,1H3. The second-order valence-corrected chi connectivity index (χ2v) is 8.80. The summed E-state index contributed by atoms with van der Waals surface area (Å²) in [5.74, 6) is 1.10. The van der Waals surface area contributed by atoms with Crippen LogP contribution in [0.4, 0.5) is 0 Å². The van der Waals surface area contributed by atoms with Gasteiger partial charge in [-0.3, -0.25) is 9.88 Å². The lowest BCUT2D eigenvalue weighted by atomic mass is 9.97. The van der Waals surface area contributed by atoms with E-state index in [9.17, 15) is 8.42 Å². The summed E-state index contributed by atoms with van der Waals surface area (Å²) in [6.07, 6.45) is 3.81. The molecule has 0 amide bonds. The minimum atomic E-state index is -3.33. The van der Waals surface area contributed by atoms with E-state index in [-0.39, 0.29) is 5.75 Å². The quantitative estimate of drug-likeness (QED) is 0.751. The predicted molar refractivity (Wildman–Crippen MR) is 106 cm³/mol. The van der Waals surface area contributed by atoms with Crippen LogP contribution in [-0.2, 0) is 22.3 Å². The molecule has 2 aromatic rings. The lowest BCUT2D eigenvalue weighted by molar-refractivity contribution is 0.177. The molecule has 0 spiro atoms. The molecule has 1 aliphatic heterocycles. The largest absolute Gasteiger partial charge is 0.497 e. The number of methoxy groups -OCH3 is 1. The molecule has 1 fully saturated rings. The SMILES string of the molecule is COc1ccc(CS(=O)(=O)NCC2CCN(Cc3ccccn3)CC2)cc1. The third-order valence-electron chi connectivity index (χ3n) is 4.93. The Hall–Kier alpha value is -1.96. The molecule has 1 aromatic heterocycles. The number of nitrogens with zero attached hydrogens (tertiary/aromatic N) is 2. The van der Waals surface area contributed by atoms with E-state index in [0.29, 0.717) is 12.5 Å². The highest BCUT2D eigenvalue weighted by Gasteiger charge is 2.21. The van der Waals surface area contributed by atoms with Gasteiger partial charge < -0.3 is 4.74 Å². The fourth-order valence-electron chi connectivity index (χ4n) is 3.31. The molecule has 0 bridgehead atoms. The number of ether oxygens (including phenoxy) is 1. The zero-order valence-electron chi connectivity index (χ0n) is 15.7. The van der Waals surface area contributed by atoms with E-state index in [1.54, 1.807) is 31.4 Å². The molecule has 0 radical (unpaired) electrons. The third kappa shape index (κ3) is 6.30. The minimum Gasteiger partial charge on any atom is -0.497 e. The predicted octanol–water partition coefficient (Wildman–Crippen LogP) is 2.42. The third-order valence-corrected chi connectivity index (χ3v) is 6.25. The van der Waals surface area contributed by atoms with Gasteiger partial charge in [0, 0.05) is 19.3 Å². The highest BCUT2D eigenvalue weighted by molar-refractivity contribution is 7.88. The first-order chi connectivity index (χ1) is 13.0. The fraction of sp³-hybridized carbons (Fsp3) is 0.450. The molecule has 146 valence electrons. The molecule has 0 saturated carbocycles. The summed E-state index contributed by atoms with van der Waals surface area (Å²) in [6, 6.07) is 13.1. The molecule has 7 heteroatoms. The average Bonchev–Trinajstić information content (AvgIpc) is 2.69. The maximum absolute atomic E-state index is 12.3. The Labute approximate surface area is 161 Å². The van der Waals surface area contributed by atoms with Crippen molar-refractivity contribution >= 4 is 10.0 Å². The van der Waals surface area contributed by atoms with Crippen molar-refractivity contribution in [3.63, 3.8) is 0 Å². The maximum Gasteiger partial charge on any atom is 0.215 e. The van der Waals surface area contributed by atoms with Gasteiger partial charge in [-0.1, -0.05) is 18.2 Å². The summed E-state index contributed by atoms with van der Waals surface area (Å²) < 4.78 is 32.6. The van der Waals surface area contributed by atoms with Crippen molar-refractivity contribution in [2.75, 3.05) is 26.7 Å². The van der Waals surface area contributed by atoms with E-state index in [0.717, 1.165) is 49.5 Å². The van der Waals surface area contributed by atoms with E-state index >= 15 is 0 Å². The molecule has 1 aliphatic rings. The van der Waals surface area contributed by atoms with Gasteiger partial charge >= 0.3 is 0 Å². The fourth-order valence-corrected chi connectivity index (χ4v) is 4.53. The zero-order chi connectivity index (χ0) is 19.1. The monoisotopic (exact) mass is 389 g/mol. The Morgan fingerprint density at radius 2 is 1.89 bits per heavy atom. The first-order valence-corrected chi connectivity index (χ1v) is 10.9. The highest BCUT2D eigenvalue weighted by Crippen LogP contribution is 2.19. The summed E-state index contributed by atoms with van der Waals surface area (Å²) in [5.41, 5.74) is 1.84.